The lowest BCUT2D eigenvalue weighted by molar-refractivity contribution is 0.900. The molecule has 16 heavy (non-hydrogen) atoms. The van der Waals surface area contributed by atoms with E-state index >= 15 is 0 Å². The van der Waals surface area contributed by atoms with Gasteiger partial charge in [-0.2, -0.15) is 5.10 Å². The molecule has 0 bridgehead atoms. The smallest absolute Gasteiger partial charge is 0.181 e. The molecule has 4 nitrogen and oxygen atoms in total. The van der Waals surface area contributed by atoms with Gasteiger partial charge in [-0.15, -0.1) is 5.10 Å². The maximum absolute atomic E-state index is 4.15. The molecule has 0 aliphatic heterocycles. The van der Waals surface area contributed by atoms with Crippen molar-refractivity contribution < 1.29 is 0 Å². The van der Waals surface area contributed by atoms with Crippen molar-refractivity contribution in [2.24, 2.45) is 0 Å². The first-order valence-electron chi connectivity index (χ1n) is 5.26. The van der Waals surface area contributed by atoms with Gasteiger partial charge >= 0.3 is 0 Å². The quantitative estimate of drug-likeness (QED) is 0.852. The van der Waals surface area contributed by atoms with Crippen LogP contribution in [0.1, 0.15) is 13.8 Å². The zero-order chi connectivity index (χ0) is 11.4. The second kappa shape index (κ2) is 4.70. The molecule has 1 aromatic heterocycles. The van der Waals surface area contributed by atoms with E-state index in [1.54, 1.807) is 12.4 Å². The Morgan fingerprint density at radius 1 is 1.06 bits per heavy atom. The van der Waals surface area contributed by atoms with Crippen LogP contribution in [0.5, 0.6) is 0 Å². The summed E-state index contributed by atoms with van der Waals surface area (Å²) in [5.74, 6) is 0.651. The fraction of sp³-hybridized carbons (Fsp3) is 0.250. The molecule has 0 spiro atoms. The van der Waals surface area contributed by atoms with Crippen molar-refractivity contribution in [3.63, 3.8) is 0 Å². The van der Waals surface area contributed by atoms with Gasteiger partial charge in [-0.25, -0.2) is 4.98 Å². The molecule has 0 aliphatic rings. The average Bonchev–Trinajstić information content (AvgIpc) is 2.30. The molecular weight excluding hydrogens is 200 g/mol. The number of aromatic nitrogens is 3. The molecule has 1 aromatic carbocycles. The molecule has 0 saturated carbocycles. The van der Waals surface area contributed by atoms with Crippen molar-refractivity contribution in [3.05, 3.63) is 36.7 Å². The Kier molecular flexibility index (Phi) is 3.10. The predicted molar refractivity (Wildman–Crippen MR) is 64.0 cm³/mol. The number of rotatable bonds is 3. The molecule has 0 saturated heterocycles. The first-order chi connectivity index (χ1) is 7.75. The highest BCUT2D eigenvalue weighted by Gasteiger charge is 2.00. The first-order valence-corrected chi connectivity index (χ1v) is 5.26. The summed E-state index contributed by atoms with van der Waals surface area (Å²) in [7, 11) is 0. The van der Waals surface area contributed by atoms with E-state index in [0.29, 0.717) is 11.9 Å². The Bertz CT molecular complexity index is 436. The van der Waals surface area contributed by atoms with Crippen LogP contribution >= 0.6 is 0 Å². The minimum atomic E-state index is 0.431. The number of benzene rings is 1. The molecule has 1 N–H and O–H groups in total. The van der Waals surface area contributed by atoms with Crippen molar-refractivity contribution >= 4 is 5.69 Å². The van der Waals surface area contributed by atoms with Crippen molar-refractivity contribution in [3.8, 4) is 11.4 Å². The number of nitrogens with zero attached hydrogens (tertiary/aromatic N) is 3. The van der Waals surface area contributed by atoms with Crippen LogP contribution in [0.15, 0.2) is 36.7 Å². The van der Waals surface area contributed by atoms with E-state index in [2.05, 4.69) is 34.3 Å². The van der Waals surface area contributed by atoms with Crippen LogP contribution in [0.2, 0.25) is 0 Å². The predicted octanol–water partition coefficient (Wildman–Crippen LogP) is 2.36. The molecule has 0 aliphatic carbocycles. The zero-order valence-corrected chi connectivity index (χ0v) is 9.38. The number of nitrogens with one attached hydrogen (secondary N) is 1. The van der Waals surface area contributed by atoms with E-state index in [9.17, 15) is 0 Å². The lowest BCUT2D eigenvalue weighted by Crippen LogP contribution is -2.09. The van der Waals surface area contributed by atoms with Crippen LogP contribution in [0.4, 0.5) is 5.69 Å². The van der Waals surface area contributed by atoms with Crippen LogP contribution in [-0.2, 0) is 0 Å². The van der Waals surface area contributed by atoms with Crippen LogP contribution in [0, 0.1) is 0 Å². The molecular formula is C12H14N4. The molecule has 0 atom stereocenters. The minimum absolute atomic E-state index is 0.431. The summed E-state index contributed by atoms with van der Waals surface area (Å²) in [5.41, 5.74) is 2.07. The Morgan fingerprint density at radius 2 is 1.81 bits per heavy atom. The van der Waals surface area contributed by atoms with Crippen molar-refractivity contribution in [1.29, 1.82) is 0 Å². The van der Waals surface area contributed by atoms with E-state index in [0.717, 1.165) is 11.3 Å². The summed E-state index contributed by atoms with van der Waals surface area (Å²) >= 11 is 0. The fourth-order valence-corrected chi connectivity index (χ4v) is 1.43. The lowest BCUT2D eigenvalue weighted by Gasteiger charge is -2.09. The molecule has 0 radical (unpaired) electrons. The Hall–Kier alpha value is -1.97. The van der Waals surface area contributed by atoms with E-state index in [1.165, 1.54) is 0 Å². The SMILES string of the molecule is CC(C)Nc1ccc(-c2nccnn2)cc1. The number of hydrogen-bond donors (Lipinski definition) is 1. The topological polar surface area (TPSA) is 50.7 Å². The maximum atomic E-state index is 4.15. The van der Waals surface area contributed by atoms with Gasteiger partial charge in [0.05, 0.1) is 6.20 Å². The highest BCUT2D eigenvalue weighted by atomic mass is 15.1. The number of hydrogen-bond acceptors (Lipinski definition) is 4. The summed E-state index contributed by atoms with van der Waals surface area (Å²) in [6, 6.07) is 8.45. The van der Waals surface area contributed by atoms with Crippen molar-refractivity contribution in [2.45, 2.75) is 19.9 Å². The molecule has 0 fully saturated rings. The Morgan fingerprint density at radius 3 is 2.38 bits per heavy atom. The third-order valence-electron chi connectivity index (χ3n) is 2.08. The lowest BCUT2D eigenvalue weighted by atomic mass is 10.2. The van der Waals surface area contributed by atoms with E-state index < -0.39 is 0 Å². The number of anilines is 1. The van der Waals surface area contributed by atoms with Gasteiger partial charge in [0.15, 0.2) is 5.82 Å². The minimum Gasteiger partial charge on any atom is -0.383 e. The normalized spacial score (nSPS) is 10.4. The highest BCUT2D eigenvalue weighted by molar-refractivity contribution is 5.59. The second-order valence-corrected chi connectivity index (χ2v) is 3.84. The molecule has 0 amide bonds. The van der Waals surface area contributed by atoms with E-state index in [4.69, 9.17) is 0 Å². The van der Waals surface area contributed by atoms with Gasteiger partial charge in [-0.1, -0.05) is 0 Å². The summed E-state index contributed by atoms with van der Waals surface area (Å²) in [6.07, 6.45) is 3.21. The highest BCUT2D eigenvalue weighted by Crippen LogP contribution is 2.17. The maximum Gasteiger partial charge on any atom is 0.181 e. The standard InChI is InChI=1S/C12H14N4/c1-9(2)15-11-5-3-10(4-6-11)12-13-7-8-14-16-12/h3-9,15H,1-2H3. The Labute approximate surface area is 94.8 Å². The zero-order valence-electron chi connectivity index (χ0n) is 9.38. The molecule has 4 heteroatoms. The summed E-state index contributed by atoms with van der Waals surface area (Å²) in [4.78, 5) is 4.15. The monoisotopic (exact) mass is 214 g/mol. The third-order valence-corrected chi connectivity index (χ3v) is 2.08. The molecule has 2 rings (SSSR count). The van der Waals surface area contributed by atoms with Crippen molar-refractivity contribution in [1.82, 2.24) is 15.2 Å². The van der Waals surface area contributed by atoms with Gasteiger partial charge in [0.2, 0.25) is 0 Å². The van der Waals surface area contributed by atoms with E-state index in [1.807, 2.05) is 24.3 Å². The van der Waals surface area contributed by atoms with Crippen molar-refractivity contribution in [2.75, 3.05) is 5.32 Å². The summed E-state index contributed by atoms with van der Waals surface area (Å²) in [6.45, 7) is 4.22. The van der Waals surface area contributed by atoms with Crippen LogP contribution in [0.3, 0.4) is 0 Å². The van der Waals surface area contributed by atoms with Gasteiger partial charge in [-0.3, -0.25) is 0 Å². The van der Waals surface area contributed by atoms with Crippen LogP contribution < -0.4 is 5.32 Å². The molecule has 1 heterocycles. The first kappa shape index (κ1) is 10.5. The van der Waals surface area contributed by atoms with Gasteiger partial charge in [0, 0.05) is 23.5 Å². The van der Waals surface area contributed by atoms with Crippen LogP contribution in [-0.4, -0.2) is 21.2 Å². The van der Waals surface area contributed by atoms with Crippen LogP contribution in [0.25, 0.3) is 11.4 Å². The second-order valence-electron chi connectivity index (χ2n) is 3.84. The van der Waals surface area contributed by atoms with Gasteiger partial charge in [0.25, 0.3) is 0 Å². The largest absolute Gasteiger partial charge is 0.383 e. The molecule has 82 valence electrons. The van der Waals surface area contributed by atoms with Gasteiger partial charge < -0.3 is 5.32 Å². The van der Waals surface area contributed by atoms with E-state index in [-0.39, 0.29) is 0 Å². The summed E-state index contributed by atoms with van der Waals surface area (Å²) < 4.78 is 0. The summed E-state index contributed by atoms with van der Waals surface area (Å²) in [5, 5.41) is 11.1. The van der Waals surface area contributed by atoms with Gasteiger partial charge in [0.1, 0.15) is 0 Å². The van der Waals surface area contributed by atoms with Gasteiger partial charge in [-0.05, 0) is 38.1 Å². The fourth-order valence-electron chi connectivity index (χ4n) is 1.43. The third kappa shape index (κ3) is 2.53. The average molecular weight is 214 g/mol. The molecule has 0 unspecified atom stereocenters. The Balaban J connectivity index is 2.20. The molecule has 2 aromatic rings.